The van der Waals surface area contributed by atoms with E-state index in [2.05, 4.69) is 43.0 Å². The predicted octanol–water partition coefficient (Wildman–Crippen LogP) is 3.43. The topological polar surface area (TPSA) is 42.1 Å². The SMILES string of the molecule is CC(C)c1cc(CN)cc(N(C)c2ccccc2)n1. The molecule has 0 saturated heterocycles. The van der Waals surface area contributed by atoms with Gasteiger partial charge in [0.25, 0.3) is 0 Å². The van der Waals surface area contributed by atoms with Crippen molar-refractivity contribution in [2.75, 3.05) is 11.9 Å². The Hall–Kier alpha value is -1.87. The Labute approximate surface area is 115 Å². The summed E-state index contributed by atoms with van der Waals surface area (Å²) in [7, 11) is 2.03. The average Bonchev–Trinajstić information content (AvgIpc) is 2.46. The molecule has 19 heavy (non-hydrogen) atoms. The van der Waals surface area contributed by atoms with Crippen molar-refractivity contribution in [1.82, 2.24) is 4.98 Å². The van der Waals surface area contributed by atoms with Crippen molar-refractivity contribution in [3.63, 3.8) is 0 Å². The molecule has 2 rings (SSSR count). The summed E-state index contributed by atoms with van der Waals surface area (Å²) < 4.78 is 0. The zero-order valence-electron chi connectivity index (χ0n) is 11.8. The van der Waals surface area contributed by atoms with E-state index in [1.54, 1.807) is 0 Å². The van der Waals surface area contributed by atoms with E-state index in [0.29, 0.717) is 12.5 Å². The van der Waals surface area contributed by atoms with Crippen molar-refractivity contribution in [3.8, 4) is 0 Å². The Morgan fingerprint density at radius 3 is 2.42 bits per heavy atom. The van der Waals surface area contributed by atoms with E-state index in [9.17, 15) is 0 Å². The molecule has 0 unspecified atom stereocenters. The highest BCUT2D eigenvalue weighted by Crippen LogP contribution is 2.24. The molecule has 0 saturated carbocycles. The highest BCUT2D eigenvalue weighted by Gasteiger charge is 2.10. The summed E-state index contributed by atoms with van der Waals surface area (Å²) in [5.41, 5.74) is 9.11. The van der Waals surface area contributed by atoms with Crippen molar-refractivity contribution in [2.24, 2.45) is 5.73 Å². The molecule has 0 spiro atoms. The molecule has 2 N–H and O–H groups in total. The summed E-state index contributed by atoms with van der Waals surface area (Å²) in [6, 6.07) is 14.4. The van der Waals surface area contributed by atoms with E-state index in [1.165, 1.54) is 0 Å². The summed E-state index contributed by atoms with van der Waals surface area (Å²) in [4.78, 5) is 6.82. The highest BCUT2D eigenvalue weighted by atomic mass is 15.2. The fraction of sp³-hybridized carbons (Fsp3) is 0.312. The summed E-state index contributed by atoms with van der Waals surface area (Å²) >= 11 is 0. The van der Waals surface area contributed by atoms with Crippen LogP contribution >= 0.6 is 0 Å². The molecular formula is C16H21N3. The Morgan fingerprint density at radius 2 is 1.84 bits per heavy atom. The van der Waals surface area contributed by atoms with Crippen LogP contribution in [0.5, 0.6) is 0 Å². The lowest BCUT2D eigenvalue weighted by molar-refractivity contribution is 0.814. The molecule has 0 bridgehead atoms. The fourth-order valence-electron chi connectivity index (χ4n) is 1.96. The minimum atomic E-state index is 0.398. The molecule has 2 aromatic rings. The first-order valence-electron chi connectivity index (χ1n) is 6.61. The van der Waals surface area contributed by atoms with Gasteiger partial charge in [0.15, 0.2) is 0 Å². The minimum absolute atomic E-state index is 0.398. The van der Waals surface area contributed by atoms with Crippen LogP contribution in [0, 0.1) is 0 Å². The van der Waals surface area contributed by atoms with Crippen LogP contribution in [-0.4, -0.2) is 12.0 Å². The third-order valence-electron chi connectivity index (χ3n) is 3.21. The molecule has 1 aromatic carbocycles. The Morgan fingerprint density at radius 1 is 1.16 bits per heavy atom. The van der Waals surface area contributed by atoms with Gasteiger partial charge in [-0.1, -0.05) is 32.0 Å². The molecule has 0 fully saturated rings. The lowest BCUT2D eigenvalue weighted by atomic mass is 10.1. The first-order valence-corrected chi connectivity index (χ1v) is 6.61. The quantitative estimate of drug-likeness (QED) is 0.910. The molecule has 0 aliphatic heterocycles. The Bertz CT molecular complexity index is 535. The van der Waals surface area contributed by atoms with Crippen LogP contribution in [-0.2, 0) is 6.54 Å². The smallest absolute Gasteiger partial charge is 0.133 e. The van der Waals surface area contributed by atoms with E-state index in [1.807, 2.05) is 25.2 Å². The largest absolute Gasteiger partial charge is 0.329 e. The molecule has 0 radical (unpaired) electrons. The monoisotopic (exact) mass is 255 g/mol. The van der Waals surface area contributed by atoms with Crippen LogP contribution in [0.2, 0.25) is 0 Å². The van der Waals surface area contributed by atoms with Gasteiger partial charge in [-0.3, -0.25) is 0 Å². The first-order chi connectivity index (χ1) is 9.11. The molecular weight excluding hydrogens is 234 g/mol. The second-order valence-electron chi connectivity index (χ2n) is 5.01. The molecule has 0 atom stereocenters. The van der Waals surface area contributed by atoms with Crippen LogP contribution in [0.3, 0.4) is 0 Å². The minimum Gasteiger partial charge on any atom is -0.329 e. The van der Waals surface area contributed by atoms with Crippen molar-refractivity contribution in [2.45, 2.75) is 26.3 Å². The number of pyridine rings is 1. The van der Waals surface area contributed by atoms with Crippen LogP contribution in [0.25, 0.3) is 0 Å². The molecule has 0 amide bonds. The molecule has 3 heteroatoms. The van der Waals surface area contributed by atoms with Gasteiger partial charge in [0.05, 0.1) is 0 Å². The van der Waals surface area contributed by atoms with Crippen molar-refractivity contribution in [3.05, 3.63) is 53.7 Å². The van der Waals surface area contributed by atoms with Gasteiger partial charge >= 0.3 is 0 Å². The number of anilines is 2. The molecule has 100 valence electrons. The molecule has 0 aliphatic rings. The molecule has 3 nitrogen and oxygen atoms in total. The summed E-state index contributed by atoms with van der Waals surface area (Å²) in [6.45, 7) is 4.84. The number of nitrogens with two attached hydrogens (primary N) is 1. The van der Waals surface area contributed by atoms with Crippen LogP contribution in [0.4, 0.5) is 11.5 Å². The van der Waals surface area contributed by atoms with Gasteiger partial charge in [0, 0.05) is 25.0 Å². The summed E-state index contributed by atoms with van der Waals surface area (Å²) in [5, 5.41) is 0. The zero-order chi connectivity index (χ0) is 13.8. The molecule has 1 heterocycles. The Balaban J connectivity index is 2.41. The van der Waals surface area contributed by atoms with E-state index in [-0.39, 0.29) is 0 Å². The maximum Gasteiger partial charge on any atom is 0.133 e. The van der Waals surface area contributed by atoms with Gasteiger partial charge in [-0.05, 0) is 35.7 Å². The van der Waals surface area contributed by atoms with Gasteiger partial charge in [0.1, 0.15) is 5.82 Å². The maximum absolute atomic E-state index is 5.78. The number of nitrogens with zero attached hydrogens (tertiary/aromatic N) is 2. The zero-order valence-corrected chi connectivity index (χ0v) is 11.8. The van der Waals surface area contributed by atoms with Crippen molar-refractivity contribution in [1.29, 1.82) is 0 Å². The number of rotatable bonds is 4. The lowest BCUT2D eigenvalue weighted by Crippen LogP contribution is -2.13. The van der Waals surface area contributed by atoms with E-state index < -0.39 is 0 Å². The van der Waals surface area contributed by atoms with Gasteiger partial charge < -0.3 is 10.6 Å². The van der Waals surface area contributed by atoms with Crippen molar-refractivity contribution < 1.29 is 0 Å². The van der Waals surface area contributed by atoms with Gasteiger partial charge in [-0.25, -0.2) is 4.98 Å². The lowest BCUT2D eigenvalue weighted by Gasteiger charge is -2.20. The van der Waals surface area contributed by atoms with Crippen LogP contribution in [0.15, 0.2) is 42.5 Å². The second-order valence-corrected chi connectivity index (χ2v) is 5.01. The predicted molar refractivity (Wildman–Crippen MR) is 80.7 cm³/mol. The number of benzene rings is 1. The maximum atomic E-state index is 5.78. The van der Waals surface area contributed by atoms with Crippen LogP contribution < -0.4 is 10.6 Å². The van der Waals surface area contributed by atoms with Gasteiger partial charge in [-0.2, -0.15) is 0 Å². The number of para-hydroxylation sites is 1. The van der Waals surface area contributed by atoms with Crippen molar-refractivity contribution >= 4 is 11.5 Å². The number of hydrogen-bond acceptors (Lipinski definition) is 3. The van der Waals surface area contributed by atoms with Gasteiger partial charge in [-0.15, -0.1) is 0 Å². The second kappa shape index (κ2) is 5.85. The standard InChI is InChI=1S/C16H21N3/c1-12(2)15-9-13(11-17)10-16(18-15)19(3)14-7-5-4-6-8-14/h4-10,12H,11,17H2,1-3H3. The summed E-state index contributed by atoms with van der Waals surface area (Å²) in [5.74, 6) is 1.34. The first kappa shape index (κ1) is 13.6. The number of hydrogen-bond donors (Lipinski definition) is 1. The molecule has 1 aromatic heterocycles. The van der Waals surface area contributed by atoms with E-state index >= 15 is 0 Å². The van der Waals surface area contributed by atoms with E-state index in [4.69, 9.17) is 10.7 Å². The third-order valence-corrected chi connectivity index (χ3v) is 3.21. The van der Waals surface area contributed by atoms with Gasteiger partial charge in [0.2, 0.25) is 0 Å². The fourth-order valence-corrected chi connectivity index (χ4v) is 1.96. The Kier molecular flexibility index (Phi) is 4.17. The number of aromatic nitrogens is 1. The highest BCUT2D eigenvalue weighted by molar-refractivity contribution is 5.59. The van der Waals surface area contributed by atoms with E-state index in [0.717, 1.165) is 22.8 Å². The van der Waals surface area contributed by atoms with Crippen LogP contribution in [0.1, 0.15) is 31.0 Å². The average molecular weight is 255 g/mol. The third kappa shape index (κ3) is 3.12. The molecule has 0 aliphatic carbocycles. The summed E-state index contributed by atoms with van der Waals surface area (Å²) in [6.07, 6.45) is 0. The normalized spacial score (nSPS) is 10.8.